The number of thioether (sulfide) groups is 1. The van der Waals surface area contributed by atoms with E-state index in [2.05, 4.69) is 9.97 Å². The lowest BCUT2D eigenvalue weighted by atomic mass is 10.1. The Kier molecular flexibility index (Phi) is 8.53. The molecule has 0 radical (unpaired) electrons. The summed E-state index contributed by atoms with van der Waals surface area (Å²) in [6.07, 6.45) is -4.40. The summed E-state index contributed by atoms with van der Waals surface area (Å²) in [5, 5.41) is 0.271. The van der Waals surface area contributed by atoms with Gasteiger partial charge < -0.3 is 18.3 Å². The molecule has 182 valence electrons. The number of alkyl halides is 3. The first kappa shape index (κ1) is 26.4. The zero-order chi connectivity index (χ0) is 24.9. The molecule has 0 spiro atoms. The zero-order valence-electron chi connectivity index (χ0n) is 18.1. The summed E-state index contributed by atoms with van der Waals surface area (Å²) < 4.78 is 73.5. The molecule has 13 heteroatoms. The van der Waals surface area contributed by atoms with Crippen molar-refractivity contribution in [2.45, 2.75) is 24.0 Å². The van der Waals surface area contributed by atoms with Gasteiger partial charge in [-0.1, -0.05) is 23.9 Å². The molecule has 0 saturated carbocycles. The topological polar surface area (TPSA) is 62.7 Å². The second-order valence-corrected chi connectivity index (χ2v) is 10.8. The van der Waals surface area contributed by atoms with Crippen molar-refractivity contribution in [1.29, 1.82) is 0 Å². The van der Waals surface area contributed by atoms with Crippen molar-refractivity contribution in [3.05, 3.63) is 71.2 Å². The fourth-order valence-electron chi connectivity index (χ4n) is 2.57. The molecule has 0 amide bonds. The van der Waals surface area contributed by atoms with Crippen LogP contribution in [0, 0.1) is 12.7 Å². The number of ether oxygens (including phenoxy) is 1. The van der Waals surface area contributed by atoms with Gasteiger partial charge in [0.2, 0.25) is 5.75 Å². The molecule has 6 nitrogen and oxygen atoms in total. The van der Waals surface area contributed by atoms with E-state index in [0.29, 0.717) is 22.8 Å². The highest BCUT2D eigenvalue weighted by Crippen LogP contribution is 2.51. The van der Waals surface area contributed by atoms with E-state index in [1.807, 2.05) is 0 Å². The molecule has 0 unspecified atom stereocenters. The Bertz CT molecular complexity index is 1170. The van der Waals surface area contributed by atoms with Gasteiger partial charge in [-0.2, -0.15) is 18.2 Å². The van der Waals surface area contributed by atoms with Crippen LogP contribution in [0.4, 0.5) is 17.6 Å². The number of aryl methyl sites for hydroxylation is 1. The lowest BCUT2D eigenvalue weighted by Crippen LogP contribution is -2.05. The molecule has 0 aliphatic heterocycles. The lowest BCUT2D eigenvalue weighted by molar-refractivity contribution is -0.137. The first-order valence-corrected chi connectivity index (χ1v) is 13.1. The third-order valence-corrected chi connectivity index (χ3v) is 7.64. The molecule has 0 aliphatic rings. The molecule has 34 heavy (non-hydrogen) atoms. The number of benzene rings is 2. The Morgan fingerprint density at radius 2 is 1.59 bits per heavy atom. The molecule has 0 fully saturated rings. The van der Waals surface area contributed by atoms with Crippen LogP contribution in [0.3, 0.4) is 0 Å². The molecule has 1 aromatic heterocycles. The fourth-order valence-corrected chi connectivity index (χ4v) is 4.25. The van der Waals surface area contributed by atoms with Gasteiger partial charge in [-0.15, -0.1) is 0 Å². The van der Waals surface area contributed by atoms with Crippen LogP contribution in [-0.4, -0.2) is 24.2 Å². The van der Waals surface area contributed by atoms with E-state index in [4.69, 9.17) is 30.1 Å². The van der Waals surface area contributed by atoms with E-state index in [9.17, 15) is 17.6 Å². The summed E-state index contributed by atoms with van der Waals surface area (Å²) in [5.74, 6) is 0.276. The maximum absolute atomic E-state index is 13.3. The number of hydrogen-bond acceptors (Lipinski definition) is 8. The van der Waals surface area contributed by atoms with Gasteiger partial charge in [0.1, 0.15) is 11.6 Å². The number of hydrogen-bond donors (Lipinski definition) is 0. The first-order valence-electron chi connectivity index (χ1n) is 9.55. The van der Waals surface area contributed by atoms with Crippen molar-refractivity contribution in [1.82, 2.24) is 9.97 Å². The summed E-state index contributed by atoms with van der Waals surface area (Å²) >= 11 is 6.46. The van der Waals surface area contributed by atoms with Gasteiger partial charge in [-0.05, 0) is 48.9 Å². The Hall–Kier alpha value is -2.24. The average Bonchev–Trinajstić information content (AvgIpc) is 2.80. The van der Waals surface area contributed by atoms with Crippen molar-refractivity contribution in [2.75, 3.05) is 14.2 Å². The van der Waals surface area contributed by atoms with Gasteiger partial charge in [-0.3, -0.25) is 0 Å². The van der Waals surface area contributed by atoms with Crippen molar-refractivity contribution in [3.63, 3.8) is 0 Å². The van der Waals surface area contributed by atoms with Crippen molar-refractivity contribution >= 4 is 30.3 Å². The monoisotopic (exact) mass is 534 g/mol. The van der Waals surface area contributed by atoms with Crippen molar-refractivity contribution in [3.8, 4) is 17.4 Å². The summed E-state index contributed by atoms with van der Waals surface area (Å²) in [6, 6.07) is 10.1. The van der Waals surface area contributed by atoms with E-state index in [1.165, 1.54) is 62.4 Å². The number of rotatable bonds is 9. The SMILES string of the molecule is COP(=S)(OC)Oc1nc(SCc2ccc(C(F)(F)F)cc2)nc(C)c1Oc1ccc(F)cc1. The van der Waals surface area contributed by atoms with E-state index < -0.39 is 24.3 Å². The molecule has 0 N–H and O–H groups in total. The molecule has 0 saturated heterocycles. The van der Waals surface area contributed by atoms with Crippen molar-refractivity contribution in [2.24, 2.45) is 0 Å². The third kappa shape index (κ3) is 6.89. The Morgan fingerprint density at radius 1 is 0.971 bits per heavy atom. The van der Waals surface area contributed by atoms with Crippen LogP contribution in [0.1, 0.15) is 16.8 Å². The highest BCUT2D eigenvalue weighted by Gasteiger charge is 2.30. The van der Waals surface area contributed by atoms with Gasteiger partial charge in [0.05, 0.1) is 11.3 Å². The Morgan fingerprint density at radius 3 is 2.15 bits per heavy atom. The average molecular weight is 534 g/mol. The molecule has 3 aromatic rings. The molecule has 2 aromatic carbocycles. The number of nitrogens with zero attached hydrogens (tertiary/aromatic N) is 2. The smallest absolute Gasteiger partial charge is 0.416 e. The molecule has 1 heterocycles. The van der Waals surface area contributed by atoms with Crippen LogP contribution < -0.4 is 9.26 Å². The standard InChI is InChI=1S/C21H19F4N2O4PS2/c1-13-18(30-17-10-8-16(22)9-11-17)19(31-32(33,28-2)29-3)27-20(26-13)34-12-14-4-6-15(7-5-14)21(23,24)25/h4-11H,12H2,1-3H3. The summed E-state index contributed by atoms with van der Waals surface area (Å²) in [5.41, 5.74) is 0.307. The number of halogens is 4. The molecule has 0 atom stereocenters. The van der Waals surface area contributed by atoms with E-state index in [0.717, 1.165) is 12.1 Å². The first-order chi connectivity index (χ1) is 16.0. The van der Waals surface area contributed by atoms with Gasteiger partial charge in [-0.25, -0.2) is 9.37 Å². The quantitative estimate of drug-likeness (QED) is 0.127. The maximum Gasteiger partial charge on any atom is 0.416 e. The molecular formula is C21H19F4N2O4PS2. The second-order valence-electron chi connectivity index (χ2n) is 6.67. The van der Waals surface area contributed by atoms with Crippen LogP contribution in [0.25, 0.3) is 0 Å². The zero-order valence-corrected chi connectivity index (χ0v) is 20.7. The molecule has 3 rings (SSSR count). The normalized spacial score (nSPS) is 12.0. The predicted molar refractivity (Wildman–Crippen MR) is 123 cm³/mol. The highest BCUT2D eigenvalue weighted by atomic mass is 32.5. The van der Waals surface area contributed by atoms with Crippen LogP contribution >= 0.6 is 18.5 Å². The second kappa shape index (κ2) is 11.0. The molecule has 0 bridgehead atoms. The largest absolute Gasteiger partial charge is 0.450 e. The fraction of sp³-hybridized carbons (Fsp3) is 0.238. The van der Waals surface area contributed by atoms with Gasteiger partial charge >= 0.3 is 12.9 Å². The minimum absolute atomic E-state index is 0.0428. The van der Waals surface area contributed by atoms with Gasteiger partial charge in [0.25, 0.3) is 5.88 Å². The Labute approximate surface area is 202 Å². The maximum atomic E-state index is 13.3. The minimum Gasteiger partial charge on any atom is -0.450 e. The third-order valence-electron chi connectivity index (χ3n) is 4.31. The minimum atomic E-state index is -4.40. The van der Waals surface area contributed by atoms with Gasteiger partial charge in [0, 0.05) is 31.8 Å². The van der Waals surface area contributed by atoms with Gasteiger partial charge in [0.15, 0.2) is 5.16 Å². The summed E-state index contributed by atoms with van der Waals surface area (Å²) in [6.45, 7) is -1.54. The van der Waals surface area contributed by atoms with Crippen LogP contribution in [0.2, 0.25) is 0 Å². The molecular weight excluding hydrogens is 515 g/mol. The predicted octanol–water partition coefficient (Wildman–Crippen LogP) is 6.92. The van der Waals surface area contributed by atoms with E-state index >= 15 is 0 Å². The molecule has 0 aliphatic carbocycles. The van der Waals surface area contributed by atoms with E-state index in [1.54, 1.807) is 6.92 Å². The van der Waals surface area contributed by atoms with Crippen LogP contribution in [-0.2, 0) is 32.8 Å². The van der Waals surface area contributed by atoms with E-state index in [-0.39, 0.29) is 16.8 Å². The summed E-state index contributed by atoms with van der Waals surface area (Å²) in [4.78, 5) is 8.74. The van der Waals surface area contributed by atoms with Crippen molar-refractivity contribution < 1.29 is 35.9 Å². The highest BCUT2D eigenvalue weighted by molar-refractivity contribution is 8.07. The summed E-state index contributed by atoms with van der Waals surface area (Å²) in [7, 11) is 2.66. The lowest BCUT2D eigenvalue weighted by Gasteiger charge is -2.20. The van der Waals surface area contributed by atoms with Crippen LogP contribution in [0.15, 0.2) is 53.7 Å². The number of aromatic nitrogens is 2. The Balaban J connectivity index is 1.88. The van der Waals surface area contributed by atoms with Crippen LogP contribution in [0.5, 0.6) is 17.4 Å².